The zero-order chi connectivity index (χ0) is 13.6. The largest absolute Gasteiger partial charge is 0.350 e. The average molecular weight is 293 g/mol. The maximum Gasteiger partial charge on any atom is 0.277 e. The number of halogens is 3. The van der Waals surface area contributed by atoms with E-state index in [-0.39, 0.29) is 24.7 Å². The van der Waals surface area contributed by atoms with Gasteiger partial charge in [-0.1, -0.05) is 24.3 Å². The molecule has 3 N–H and O–H groups in total. The lowest BCUT2D eigenvalue weighted by Crippen LogP contribution is -2.41. The van der Waals surface area contributed by atoms with Gasteiger partial charge in [0.1, 0.15) is 0 Å². The number of alkyl halides is 2. The number of amides is 1. The van der Waals surface area contributed by atoms with E-state index in [9.17, 15) is 13.6 Å². The van der Waals surface area contributed by atoms with Gasteiger partial charge in [-0.3, -0.25) is 4.79 Å². The van der Waals surface area contributed by atoms with E-state index in [1.807, 2.05) is 31.2 Å². The zero-order valence-corrected chi connectivity index (χ0v) is 11.6. The molecule has 0 aliphatic heterocycles. The van der Waals surface area contributed by atoms with E-state index in [2.05, 4.69) is 5.32 Å². The van der Waals surface area contributed by atoms with Gasteiger partial charge in [0, 0.05) is 6.42 Å². The lowest BCUT2D eigenvalue weighted by atomic mass is 10.0. The van der Waals surface area contributed by atoms with E-state index in [1.54, 1.807) is 0 Å². The molecule has 0 saturated carbocycles. The van der Waals surface area contributed by atoms with Gasteiger partial charge in [0.25, 0.3) is 5.92 Å². The third-order valence-corrected chi connectivity index (χ3v) is 2.73. The Balaban J connectivity index is 0.00000324. The second-order valence-corrected chi connectivity index (χ2v) is 4.26. The molecule has 0 aromatic heterocycles. The first kappa shape index (κ1) is 17.8. The van der Waals surface area contributed by atoms with Gasteiger partial charge in [-0.05, 0) is 24.5 Å². The standard InChI is InChI=1S/C13H18F2N2O.ClH/c1-10-4-2-3-5-11(10)6-7-12(18)17-9-13(14,15)8-16;/h2-5H,6-9,16H2,1H3,(H,17,18);1H. The first-order chi connectivity index (χ1) is 8.44. The summed E-state index contributed by atoms with van der Waals surface area (Å²) in [7, 11) is 0. The molecule has 0 bridgehead atoms. The van der Waals surface area contributed by atoms with Crippen LogP contribution in [0.1, 0.15) is 17.5 Å². The van der Waals surface area contributed by atoms with Crippen molar-refractivity contribution in [3.63, 3.8) is 0 Å². The van der Waals surface area contributed by atoms with Crippen LogP contribution in [0, 0.1) is 6.92 Å². The summed E-state index contributed by atoms with van der Waals surface area (Å²) in [6.07, 6.45) is 0.748. The predicted molar refractivity (Wildman–Crippen MR) is 73.8 cm³/mol. The van der Waals surface area contributed by atoms with Crippen LogP contribution in [-0.4, -0.2) is 24.9 Å². The minimum atomic E-state index is -3.03. The van der Waals surface area contributed by atoms with Gasteiger partial charge >= 0.3 is 0 Å². The molecule has 6 heteroatoms. The van der Waals surface area contributed by atoms with E-state index in [0.717, 1.165) is 11.1 Å². The van der Waals surface area contributed by atoms with Gasteiger partial charge < -0.3 is 11.1 Å². The van der Waals surface area contributed by atoms with Crippen molar-refractivity contribution in [3.05, 3.63) is 35.4 Å². The summed E-state index contributed by atoms with van der Waals surface area (Å²) in [5.41, 5.74) is 7.03. The molecule has 0 aliphatic carbocycles. The third-order valence-electron chi connectivity index (χ3n) is 2.73. The van der Waals surface area contributed by atoms with Crippen LogP contribution in [0.4, 0.5) is 8.78 Å². The summed E-state index contributed by atoms with van der Waals surface area (Å²) < 4.78 is 25.6. The van der Waals surface area contributed by atoms with Crippen molar-refractivity contribution < 1.29 is 13.6 Å². The Hall–Kier alpha value is -1.20. The summed E-state index contributed by atoms with van der Waals surface area (Å²) in [6.45, 7) is 0.497. The SMILES string of the molecule is Cc1ccccc1CCC(=O)NCC(F)(F)CN.Cl. The number of rotatable bonds is 6. The fourth-order valence-electron chi connectivity index (χ4n) is 1.53. The summed E-state index contributed by atoms with van der Waals surface area (Å²) in [6, 6.07) is 7.69. The van der Waals surface area contributed by atoms with E-state index in [4.69, 9.17) is 5.73 Å². The molecule has 1 rings (SSSR count). The molecule has 108 valence electrons. The van der Waals surface area contributed by atoms with Crippen LogP contribution in [0.5, 0.6) is 0 Å². The molecule has 0 spiro atoms. The van der Waals surface area contributed by atoms with Crippen molar-refractivity contribution in [2.45, 2.75) is 25.7 Å². The fraction of sp³-hybridized carbons (Fsp3) is 0.462. The van der Waals surface area contributed by atoms with Crippen molar-refractivity contribution in [1.82, 2.24) is 5.32 Å². The molecule has 0 aliphatic rings. The highest BCUT2D eigenvalue weighted by Crippen LogP contribution is 2.11. The third kappa shape index (κ3) is 6.50. The van der Waals surface area contributed by atoms with Crippen LogP contribution in [0.15, 0.2) is 24.3 Å². The maximum atomic E-state index is 12.8. The first-order valence-corrected chi connectivity index (χ1v) is 5.84. The normalized spacial score (nSPS) is 10.7. The van der Waals surface area contributed by atoms with E-state index in [1.165, 1.54) is 0 Å². The number of hydrogen-bond acceptors (Lipinski definition) is 2. The Morgan fingerprint density at radius 3 is 2.58 bits per heavy atom. The number of hydrogen-bond donors (Lipinski definition) is 2. The Labute approximate surface area is 118 Å². The van der Waals surface area contributed by atoms with Crippen molar-refractivity contribution in [3.8, 4) is 0 Å². The monoisotopic (exact) mass is 292 g/mol. The Kier molecular flexibility index (Phi) is 7.56. The van der Waals surface area contributed by atoms with Crippen molar-refractivity contribution >= 4 is 18.3 Å². The number of benzene rings is 1. The molecular formula is C13H19ClF2N2O. The lowest BCUT2D eigenvalue weighted by molar-refractivity contribution is -0.122. The molecular weight excluding hydrogens is 274 g/mol. The van der Waals surface area contributed by atoms with Crippen LogP contribution in [0.2, 0.25) is 0 Å². The molecule has 1 amide bonds. The van der Waals surface area contributed by atoms with Crippen molar-refractivity contribution in [1.29, 1.82) is 0 Å². The molecule has 3 nitrogen and oxygen atoms in total. The number of nitrogens with two attached hydrogens (primary N) is 1. The highest BCUT2D eigenvalue weighted by Gasteiger charge is 2.26. The van der Waals surface area contributed by atoms with E-state index < -0.39 is 19.0 Å². The van der Waals surface area contributed by atoms with Gasteiger partial charge in [0.2, 0.25) is 5.91 Å². The number of nitrogens with one attached hydrogen (secondary N) is 1. The highest BCUT2D eigenvalue weighted by molar-refractivity contribution is 5.85. The number of carbonyl (C=O) groups excluding carboxylic acids is 1. The van der Waals surface area contributed by atoms with Crippen LogP contribution in [-0.2, 0) is 11.2 Å². The molecule has 1 aromatic carbocycles. The minimum absolute atomic E-state index is 0. The first-order valence-electron chi connectivity index (χ1n) is 5.84. The molecule has 0 saturated heterocycles. The van der Waals surface area contributed by atoms with Gasteiger partial charge in [-0.2, -0.15) is 0 Å². The van der Waals surface area contributed by atoms with Crippen molar-refractivity contribution in [2.24, 2.45) is 5.73 Å². The smallest absolute Gasteiger partial charge is 0.277 e. The highest BCUT2D eigenvalue weighted by atomic mass is 35.5. The second-order valence-electron chi connectivity index (χ2n) is 4.26. The predicted octanol–water partition coefficient (Wildman–Crippen LogP) is 2.06. The van der Waals surface area contributed by atoms with Crippen LogP contribution in [0.3, 0.4) is 0 Å². The molecule has 19 heavy (non-hydrogen) atoms. The minimum Gasteiger partial charge on any atom is -0.350 e. The Morgan fingerprint density at radius 2 is 2.00 bits per heavy atom. The second kappa shape index (κ2) is 8.07. The summed E-state index contributed by atoms with van der Waals surface area (Å²) in [5.74, 6) is -3.41. The zero-order valence-electron chi connectivity index (χ0n) is 10.8. The van der Waals surface area contributed by atoms with Gasteiger partial charge in [-0.15, -0.1) is 12.4 Å². The molecule has 0 unspecified atom stereocenters. The molecule has 0 heterocycles. The number of aryl methyl sites for hydroxylation is 2. The Bertz CT molecular complexity index is 413. The van der Waals surface area contributed by atoms with Gasteiger partial charge in [0.05, 0.1) is 13.1 Å². The molecule has 0 fully saturated rings. The summed E-state index contributed by atoms with van der Waals surface area (Å²) in [5, 5.41) is 2.19. The van der Waals surface area contributed by atoms with E-state index >= 15 is 0 Å². The van der Waals surface area contributed by atoms with Crippen LogP contribution >= 0.6 is 12.4 Å². The molecule has 0 atom stereocenters. The van der Waals surface area contributed by atoms with Gasteiger partial charge in [-0.25, -0.2) is 8.78 Å². The Morgan fingerprint density at radius 1 is 1.37 bits per heavy atom. The molecule has 0 radical (unpaired) electrons. The number of carbonyl (C=O) groups is 1. The summed E-state index contributed by atoms with van der Waals surface area (Å²) in [4.78, 5) is 11.4. The summed E-state index contributed by atoms with van der Waals surface area (Å²) >= 11 is 0. The quantitative estimate of drug-likeness (QED) is 0.843. The lowest BCUT2D eigenvalue weighted by Gasteiger charge is -2.14. The van der Waals surface area contributed by atoms with Gasteiger partial charge in [0.15, 0.2) is 0 Å². The van der Waals surface area contributed by atoms with Crippen molar-refractivity contribution in [2.75, 3.05) is 13.1 Å². The maximum absolute atomic E-state index is 12.8. The molecule has 1 aromatic rings. The van der Waals surface area contributed by atoms with Crippen LogP contribution < -0.4 is 11.1 Å². The average Bonchev–Trinajstić information content (AvgIpc) is 2.35. The fourth-order valence-corrected chi connectivity index (χ4v) is 1.53. The topological polar surface area (TPSA) is 55.1 Å². The van der Waals surface area contributed by atoms with E-state index in [0.29, 0.717) is 6.42 Å². The van der Waals surface area contributed by atoms with Crippen LogP contribution in [0.25, 0.3) is 0 Å².